The molecule has 1 aromatic carbocycles. The van der Waals surface area contributed by atoms with Gasteiger partial charge in [0.15, 0.2) is 0 Å². The molecule has 0 saturated heterocycles. The lowest BCUT2D eigenvalue weighted by atomic mass is 10.0. The molecule has 1 heterocycles. The van der Waals surface area contributed by atoms with Gasteiger partial charge in [0.1, 0.15) is 0 Å². The van der Waals surface area contributed by atoms with E-state index in [1.807, 2.05) is 52.0 Å². The Bertz CT molecular complexity index is 713. The Morgan fingerprint density at radius 1 is 1.29 bits per heavy atom. The number of allylic oxidation sites excluding steroid dienone is 1. The molecule has 0 aromatic heterocycles. The Morgan fingerprint density at radius 2 is 2.00 bits per heavy atom. The van der Waals surface area contributed by atoms with Crippen LogP contribution in [-0.2, 0) is 14.3 Å². The third-order valence-electron chi connectivity index (χ3n) is 3.89. The average molecular weight is 327 g/mol. The van der Waals surface area contributed by atoms with Crippen LogP contribution in [0.25, 0.3) is 6.08 Å². The Hall–Kier alpha value is -2.36. The second kappa shape index (κ2) is 7.47. The zero-order valence-electron chi connectivity index (χ0n) is 15.1. The summed E-state index contributed by atoms with van der Waals surface area (Å²) in [5, 5.41) is 0. The lowest BCUT2D eigenvalue weighted by Gasteiger charge is -2.19. The van der Waals surface area contributed by atoms with Crippen molar-refractivity contribution >= 4 is 18.0 Å². The second-order valence-electron chi connectivity index (χ2n) is 6.46. The largest absolute Gasteiger partial charge is 0.462 e. The molecule has 1 aliphatic heterocycles. The fraction of sp³-hybridized carbons (Fsp3) is 0.400. The van der Waals surface area contributed by atoms with Gasteiger partial charge >= 0.3 is 5.97 Å². The highest BCUT2D eigenvalue weighted by atomic mass is 16.5. The molecule has 0 saturated carbocycles. The van der Waals surface area contributed by atoms with Crippen LogP contribution >= 0.6 is 0 Å². The van der Waals surface area contributed by atoms with Crippen molar-refractivity contribution in [2.45, 2.75) is 34.6 Å². The number of benzene rings is 1. The van der Waals surface area contributed by atoms with E-state index < -0.39 is 5.97 Å². The van der Waals surface area contributed by atoms with Crippen LogP contribution in [0.4, 0.5) is 0 Å². The molecule has 2 rings (SSSR count). The highest BCUT2D eigenvalue weighted by Crippen LogP contribution is 2.32. The highest BCUT2D eigenvalue weighted by Gasteiger charge is 2.37. The van der Waals surface area contributed by atoms with E-state index in [9.17, 15) is 9.59 Å². The minimum absolute atomic E-state index is 0.134. The number of aryl methyl sites for hydroxylation is 1. The topological polar surface area (TPSA) is 46.6 Å². The van der Waals surface area contributed by atoms with Crippen LogP contribution in [0, 0.1) is 12.8 Å². The van der Waals surface area contributed by atoms with Gasteiger partial charge in [-0.25, -0.2) is 4.79 Å². The van der Waals surface area contributed by atoms with Gasteiger partial charge in [0.25, 0.3) is 5.91 Å². The number of rotatable bonds is 5. The Morgan fingerprint density at radius 3 is 2.58 bits per heavy atom. The van der Waals surface area contributed by atoms with Gasteiger partial charge in [-0.15, -0.1) is 0 Å². The van der Waals surface area contributed by atoms with Crippen molar-refractivity contribution in [3.8, 4) is 0 Å². The predicted molar refractivity (Wildman–Crippen MR) is 95.0 cm³/mol. The molecule has 0 spiro atoms. The summed E-state index contributed by atoms with van der Waals surface area (Å²) in [4.78, 5) is 26.9. The van der Waals surface area contributed by atoms with E-state index in [0.29, 0.717) is 29.3 Å². The zero-order valence-corrected chi connectivity index (χ0v) is 15.1. The molecular formula is C20H25NO3. The third kappa shape index (κ3) is 3.75. The molecule has 0 unspecified atom stereocenters. The van der Waals surface area contributed by atoms with Crippen LogP contribution in [0.2, 0.25) is 0 Å². The fourth-order valence-corrected chi connectivity index (χ4v) is 2.84. The SMILES string of the molecule is CCOC(=O)C1=C(C)N(CC(C)C)C(=O)/C1=C\c1cccc(C)c1. The van der Waals surface area contributed by atoms with Crippen LogP contribution in [-0.4, -0.2) is 29.9 Å². The van der Waals surface area contributed by atoms with Crippen molar-refractivity contribution in [2.75, 3.05) is 13.2 Å². The Labute approximate surface area is 143 Å². The van der Waals surface area contributed by atoms with Crippen molar-refractivity contribution in [3.63, 3.8) is 0 Å². The lowest BCUT2D eigenvalue weighted by Crippen LogP contribution is -2.28. The van der Waals surface area contributed by atoms with Gasteiger partial charge in [-0.2, -0.15) is 0 Å². The monoisotopic (exact) mass is 327 g/mol. The average Bonchev–Trinajstić information content (AvgIpc) is 2.72. The summed E-state index contributed by atoms with van der Waals surface area (Å²) >= 11 is 0. The highest BCUT2D eigenvalue weighted by molar-refractivity contribution is 6.16. The van der Waals surface area contributed by atoms with E-state index in [-0.39, 0.29) is 12.5 Å². The maximum Gasteiger partial charge on any atom is 0.340 e. The molecule has 0 bridgehead atoms. The lowest BCUT2D eigenvalue weighted by molar-refractivity contribution is -0.138. The normalized spacial score (nSPS) is 16.5. The van der Waals surface area contributed by atoms with E-state index in [4.69, 9.17) is 4.74 Å². The van der Waals surface area contributed by atoms with Gasteiger partial charge < -0.3 is 9.64 Å². The molecule has 1 amide bonds. The molecule has 128 valence electrons. The molecule has 0 aliphatic carbocycles. The van der Waals surface area contributed by atoms with Crippen molar-refractivity contribution in [2.24, 2.45) is 5.92 Å². The first-order chi connectivity index (χ1) is 11.3. The number of amides is 1. The molecular weight excluding hydrogens is 302 g/mol. The van der Waals surface area contributed by atoms with E-state index >= 15 is 0 Å². The fourth-order valence-electron chi connectivity index (χ4n) is 2.84. The third-order valence-corrected chi connectivity index (χ3v) is 3.89. The van der Waals surface area contributed by atoms with Crippen molar-refractivity contribution in [1.29, 1.82) is 0 Å². The zero-order chi connectivity index (χ0) is 17.9. The van der Waals surface area contributed by atoms with Gasteiger partial charge in [0, 0.05) is 12.2 Å². The summed E-state index contributed by atoms with van der Waals surface area (Å²) < 4.78 is 5.17. The Balaban J connectivity index is 2.51. The van der Waals surface area contributed by atoms with Gasteiger partial charge in [0.2, 0.25) is 0 Å². The molecule has 0 atom stereocenters. The predicted octanol–water partition coefficient (Wildman–Crippen LogP) is 3.71. The van der Waals surface area contributed by atoms with E-state index in [1.54, 1.807) is 17.9 Å². The number of ether oxygens (including phenoxy) is 1. The summed E-state index contributed by atoms with van der Waals surface area (Å²) in [6.07, 6.45) is 1.78. The van der Waals surface area contributed by atoms with E-state index in [1.165, 1.54) is 0 Å². The van der Waals surface area contributed by atoms with Crippen molar-refractivity contribution < 1.29 is 14.3 Å². The number of nitrogens with zero attached hydrogens (tertiary/aromatic N) is 1. The standard InChI is InChI=1S/C20H25NO3/c1-6-24-20(23)18-15(5)21(12-13(2)3)19(22)17(18)11-16-9-7-8-14(4)10-16/h7-11,13H,6,12H2,1-5H3/b17-11-. The van der Waals surface area contributed by atoms with Gasteiger partial charge in [-0.3, -0.25) is 4.79 Å². The molecule has 0 fully saturated rings. The first kappa shape index (κ1) is 18.0. The number of hydrogen-bond acceptors (Lipinski definition) is 3. The van der Waals surface area contributed by atoms with Gasteiger partial charge in [-0.1, -0.05) is 43.7 Å². The first-order valence-electron chi connectivity index (χ1n) is 8.33. The molecule has 0 radical (unpaired) electrons. The van der Waals surface area contributed by atoms with Crippen molar-refractivity contribution in [1.82, 2.24) is 4.90 Å². The smallest absolute Gasteiger partial charge is 0.340 e. The molecule has 1 aromatic rings. The van der Waals surface area contributed by atoms with Crippen LogP contribution in [0.15, 0.2) is 41.1 Å². The molecule has 24 heavy (non-hydrogen) atoms. The molecule has 4 nitrogen and oxygen atoms in total. The number of esters is 1. The summed E-state index contributed by atoms with van der Waals surface area (Å²) in [5.74, 6) is -0.259. The van der Waals surface area contributed by atoms with Gasteiger partial charge in [0.05, 0.1) is 17.8 Å². The summed E-state index contributed by atoms with van der Waals surface area (Å²) in [6, 6.07) is 7.85. The first-order valence-corrected chi connectivity index (χ1v) is 8.33. The maximum atomic E-state index is 12.9. The van der Waals surface area contributed by atoms with E-state index in [2.05, 4.69) is 0 Å². The maximum absolute atomic E-state index is 12.9. The Kier molecular flexibility index (Phi) is 5.60. The van der Waals surface area contributed by atoms with Crippen LogP contribution in [0.3, 0.4) is 0 Å². The molecule has 1 aliphatic rings. The minimum Gasteiger partial charge on any atom is -0.462 e. The second-order valence-corrected chi connectivity index (χ2v) is 6.46. The van der Waals surface area contributed by atoms with Gasteiger partial charge in [-0.05, 0) is 38.3 Å². The summed E-state index contributed by atoms with van der Waals surface area (Å²) in [5.41, 5.74) is 3.47. The quantitative estimate of drug-likeness (QED) is 0.612. The molecule has 0 N–H and O–H groups in total. The summed E-state index contributed by atoms with van der Waals surface area (Å²) in [7, 11) is 0. The summed E-state index contributed by atoms with van der Waals surface area (Å²) in [6.45, 7) is 10.5. The molecule has 4 heteroatoms. The number of carbonyl (C=O) groups excluding carboxylic acids is 2. The minimum atomic E-state index is -0.437. The number of hydrogen-bond donors (Lipinski definition) is 0. The van der Waals surface area contributed by atoms with Crippen LogP contribution < -0.4 is 0 Å². The van der Waals surface area contributed by atoms with Crippen LogP contribution in [0.1, 0.15) is 38.8 Å². The number of carbonyl (C=O) groups is 2. The van der Waals surface area contributed by atoms with Crippen molar-refractivity contribution in [3.05, 3.63) is 52.2 Å². The van der Waals surface area contributed by atoms with E-state index in [0.717, 1.165) is 11.1 Å². The van der Waals surface area contributed by atoms with Crippen LogP contribution in [0.5, 0.6) is 0 Å².